The number of halogens is 2. The molecule has 27 heavy (non-hydrogen) atoms. The van der Waals surface area contributed by atoms with Crippen LogP contribution in [0.15, 0.2) is 53.4 Å². The first-order chi connectivity index (χ1) is 12.7. The Bertz CT molecular complexity index is 883. The number of carbonyl (C=O) groups excluding carboxylic acids is 1. The molecule has 5 nitrogen and oxygen atoms in total. The Balaban J connectivity index is 2.18. The maximum Gasteiger partial charge on any atom is 0.387 e. The number of hydrogen-bond acceptors (Lipinski definition) is 4. The van der Waals surface area contributed by atoms with Crippen LogP contribution in [-0.4, -0.2) is 38.6 Å². The number of hydrogen-bond donors (Lipinski definition) is 0. The summed E-state index contributed by atoms with van der Waals surface area (Å²) in [6.45, 7) is -0.951. The van der Waals surface area contributed by atoms with Crippen LogP contribution in [0.5, 0.6) is 5.75 Å². The van der Waals surface area contributed by atoms with E-state index in [9.17, 15) is 22.0 Å². The number of amides is 1. The Morgan fingerprint density at radius 2 is 1.74 bits per heavy atom. The van der Waals surface area contributed by atoms with Crippen molar-refractivity contribution < 1.29 is 26.7 Å². The molecule has 0 aliphatic heterocycles. The monoisotopic (exact) mass is 397 g/mol. The number of ether oxygens (including phenoxy) is 1. The topological polar surface area (TPSA) is 63.7 Å². The lowest BCUT2D eigenvalue weighted by molar-refractivity contribution is -0.0498. The van der Waals surface area contributed by atoms with E-state index in [0.717, 1.165) is 0 Å². The van der Waals surface area contributed by atoms with Crippen molar-refractivity contribution in [2.24, 2.45) is 0 Å². The fourth-order valence-corrected chi connectivity index (χ4v) is 4.15. The van der Waals surface area contributed by atoms with Gasteiger partial charge in [-0.1, -0.05) is 31.2 Å². The van der Waals surface area contributed by atoms with Gasteiger partial charge in [0, 0.05) is 13.6 Å². The highest BCUT2D eigenvalue weighted by Crippen LogP contribution is 2.21. The molecule has 0 bridgehead atoms. The van der Waals surface area contributed by atoms with Crippen molar-refractivity contribution in [3.05, 3.63) is 59.7 Å². The van der Waals surface area contributed by atoms with Crippen molar-refractivity contribution in [2.75, 3.05) is 12.8 Å². The van der Waals surface area contributed by atoms with E-state index < -0.39 is 22.4 Å². The molecule has 0 saturated heterocycles. The minimum atomic E-state index is -3.54. The Labute approximate surface area is 157 Å². The smallest absolute Gasteiger partial charge is 0.387 e. The van der Waals surface area contributed by atoms with E-state index in [-0.39, 0.29) is 28.5 Å². The van der Waals surface area contributed by atoms with Gasteiger partial charge in [-0.2, -0.15) is 8.78 Å². The van der Waals surface area contributed by atoms with E-state index in [2.05, 4.69) is 4.74 Å². The zero-order valence-corrected chi connectivity index (χ0v) is 15.9. The zero-order chi connectivity index (χ0) is 20.0. The van der Waals surface area contributed by atoms with Gasteiger partial charge in [0.05, 0.1) is 16.2 Å². The van der Waals surface area contributed by atoms with Crippen molar-refractivity contribution in [3.63, 3.8) is 0 Å². The van der Waals surface area contributed by atoms with E-state index in [1.54, 1.807) is 38.2 Å². The largest absolute Gasteiger partial charge is 0.435 e. The summed E-state index contributed by atoms with van der Waals surface area (Å²) < 4.78 is 53.5. The second-order valence-electron chi connectivity index (χ2n) is 6.00. The van der Waals surface area contributed by atoms with Gasteiger partial charge in [-0.3, -0.25) is 4.79 Å². The van der Waals surface area contributed by atoms with Crippen LogP contribution < -0.4 is 4.74 Å². The highest BCUT2D eigenvalue weighted by Gasteiger charge is 2.23. The third-order valence-electron chi connectivity index (χ3n) is 3.84. The average molecular weight is 397 g/mol. The van der Waals surface area contributed by atoms with Crippen molar-refractivity contribution in [1.82, 2.24) is 4.90 Å². The highest BCUT2D eigenvalue weighted by atomic mass is 32.2. The van der Waals surface area contributed by atoms with Gasteiger partial charge in [-0.25, -0.2) is 8.42 Å². The van der Waals surface area contributed by atoms with Gasteiger partial charge in [0.1, 0.15) is 5.75 Å². The first-order valence-corrected chi connectivity index (χ1v) is 10.0. The number of alkyl halides is 2. The third kappa shape index (κ3) is 5.50. The van der Waals surface area contributed by atoms with Gasteiger partial charge < -0.3 is 9.64 Å². The third-order valence-corrected chi connectivity index (χ3v) is 5.81. The maximum absolute atomic E-state index is 12.8. The van der Waals surface area contributed by atoms with Crippen molar-refractivity contribution in [1.29, 1.82) is 0 Å². The molecule has 0 aliphatic carbocycles. The minimum Gasteiger partial charge on any atom is -0.435 e. The van der Waals surface area contributed by atoms with Crippen LogP contribution in [0.4, 0.5) is 8.78 Å². The first-order valence-electron chi connectivity index (χ1n) is 8.35. The van der Waals surface area contributed by atoms with Gasteiger partial charge >= 0.3 is 6.61 Å². The Kier molecular flexibility index (Phi) is 6.90. The Hall–Kier alpha value is -2.48. The molecule has 0 N–H and O–H groups in total. The number of sulfone groups is 1. The molecule has 2 aromatic carbocycles. The van der Waals surface area contributed by atoms with Crippen LogP contribution in [0.25, 0.3) is 0 Å². The van der Waals surface area contributed by atoms with Crippen LogP contribution in [0, 0.1) is 0 Å². The number of rotatable bonds is 8. The zero-order valence-electron chi connectivity index (χ0n) is 15.1. The summed E-state index contributed by atoms with van der Waals surface area (Å²) in [5.74, 6) is -0.441. The lowest BCUT2D eigenvalue weighted by Gasteiger charge is -2.19. The molecule has 0 unspecified atom stereocenters. The molecule has 8 heteroatoms. The van der Waals surface area contributed by atoms with Crippen LogP contribution in [-0.2, 0) is 16.4 Å². The molecule has 0 fully saturated rings. The van der Waals surface area contributed by atoms with Crippen LogP contribution in [0.2, 0.25) is 0 Å². The molecule has 0 spiro atoms. The Morgan fingerprint density at radius 3 is 2.33 bits per heavy atom. The lowest BCUT2D eigenvalue weighted by atomic mass is 10.1. The quantitative estimate of drug-likeness (QED) is 0.681. The van der Waals surface area contributed by atoms with E-state index in [1.807, 2.05) is 0 Å². The molecule has 0 atom stereocenters. The molecule has 146 valence electrons. The second-order valence-corrected chi connectivity index (χ2v) is 8.08. The molecule has 0 heterocycles. The molecule has 0 saturated carbocycles. The van der Waals surface area contributed by atoms with E-state index in [4.69, 9.17) is 0 Å². The standard InChI is InChI=1S/C19H21F2NO4S/c1-3-12-27(24,25)17-7-5-4-6-16(17)18(23)22(2)13-14-8-10-15(11-9-14)26-19(20)21/h4-11,19H,3,12-13H2,1-2H3. The number of benzene rings is 2. The normalized spacial score (nSPS) is 11.4. The van der Waals surface area contributed by atoms with Crippen LogP contribution >= 0.6 is 0 Å². The van der Waals surface area contributed by atoms with Crippen LogP contribution in [0.1, 0.15) is 29.3 Å². The highest BCUT2D eigenvalue weighted by molar-refractivity contribution is 7.91. The van der Waals surface area contributed by atoms with Gasteiger partial charge in [0.25, 0.3) is 5.91 Å². The summed E-state index contributed by atoms with van der Waals surface area (Å²) >= 11 is 0. The maximum atomic E-state index is 12.8. The fraction of sp³-hybridized carbons (Fsp3) is 0.316. The van der Waals surface area contributed by atoms with Crippen molar-refractivity contribution in [2.45, 2.75) is 31.4 Å². The summed E-state index contributed by atoms with van der Waals surface area (Å²) in [5, 5.41) is 0. The first kappa shape index (κ1) is 20.8. The summed E-state index contributed by atoms with van der Waals surface area (Å²) in [6, 6.07) is 12.0. The summed E-state index contributed by atoms with van der Waals surface area (Å²) in [5.41, 5.74) is 0.812. The molecule has 0 radical (unpaired) electrons. The van der Waals surface area contributed by atoms with Gasteiger partial charge in [0.15, 0.2) is 9.84 Å². The second kappa shape index (κ2) is 8.94. The summed E-state index contributed by atoms with van der Waals surface area (Å²) in [4.78, 5) is 14.2. The predicted octanol–water partition coefficient (Wildman–Crippen LogP) is 3.74. The molecule has 0 aliphatic rings. The number of nitrogens with zero attached hydrogens (tertiary/aromatic N) is 1. The predicted molar refractivity (Wildman–Crippen MR) is 97.7 cm³/mol. The molecular weight excluding hydrogens is 376 g/mol. The van der Waals surface area contributed by atoms with Gasteiger partial charge in [-0.05, 0) is 36.2 Å². The van der Waals surface area contributed by atoms with Gasteiger partial charge in [-0.15, -0.1) is 0 Å². The minimum absolute atomic E-state index is 0.0179. The van der Waals surface area contributed by atoms with Crippen molar-refractivity contribution >= 4 is 15.7 Å². The SMILES string of the molecule is CCCS(=O)(=O)c1ccccc1C(=O)N(C)Cc1ccc(OC(F)F)cc1. The lowest BCUT2D eigenvalue weighted by Crippen LogP contribution is -2.28. The molecule has 0 aromatic heterocycles. The average Bonchev–Trinajstić information content (AvgIpc) is 2.62. The molecule has 1 amide bonds. The van der Waals surface area contributed by atoms with Crippen molar-refractivity contribution in [3.8, 4) is 5.75 Å². The molecule has 2 rings (SSSR count). The van der Waals surface area contributed by atoms with E-state index in [1.165, 1.54) is 29.2 Å². The molecule has 2 aromatic rings. The summed E-state index contributed by atoms with van der Waals surface area (Å²) in [6.07, 6.45) is 0.452. The van der Waals surface area contributed by atoms with Gasteiger partial charge in [0.2, 0.25) is 0 Å². The fourth-order valence-electron chi connectivity index (χ4n) is 2.62. The summed E-state index contributed by atoms with van der Waals surface area (Å²) in [7, 11) is -1.99. The van der Waals surface area contributed by atoms with Crippen LogP contribution in [0.3, 0.4) is 0 Å². The Morgan fingerprint density at radius 1 is 1.11 bits per heavy atom. The van der Waals surface area contributed by atoms with E-state index >= 15 is 0 Å². The number of carbonyl (C=O) groups is 1. The van der Waals surface area contributed by atoms with E-state index in [0.29, 0.717) is 12.0 Å². The molecular formula is C19H21F2NO4S.